The average Bonchev–Trinajstić information content (AvgIpc) is 2.93. The van der Waals surface area contributed by atoms with Crippen LogP contribution < -0.4 is 10.3 Å². The largest absolute Gasteiger partial charge is 0.496 e. The van der Waals surface area contributed by atoms with E-state index in [9.17, 15) is 4.79 Å². The number of ether oxygens (including phenoxy) is 1. The fraction of sp³-hybridized carbons (Fsp3) is 0.0588. The Labute approximate surface area is 125 Å². The van der Waals surface area contributed by atoms with E-state index in [1.165, 1.54) is 0 Å². The quantitative estimate of drug-likeness (QED) is 0.618. The highest BCUT2D eigenvalue weighted by molar-refractivity contribution is 5.80. The lowest BCUT2D eigenvalue weighted by molar-refractivity contribution is 0.416. The van der Waals surface area contributed by atoms with Crippen LogP contribution in [0.25, 0.3) is 28.1 Å². The molecule has 0 amide bonds. The number of H-pyrrole nitrogens is 1. The van der Waals surface area contributed by atoms with Gasteiger partial charge in [-0.05, 0) is 24.3 Å². The zero-order chi connectivity index (χ0) is 15.1. The van der Waals surface area contributed by atoms with Gasteiger partial charge < -0.3 is 9.72 Å². The maximum Gasteiger partial charge on any atom is 0.260 e. The minimum Gasteiger partial charge on any atom is -0.496 e. The standard InChI is InChI=1S/C17H13N3O2/c1-22-15-9-5-2-6-11(15)13-10-16(21)20-14-8-4-3-7-12(14)18-17(20)19-13/h2-10H,1H3,(H,18,19). The summed E-state index contributed by atoms with van der Waals surface area (Å²) in [6, 6.07) is 16.7. The molecule has 0 atom stereocenters. The number of benzene rings is 2. The minimum absolute atomic E-state index is 0.122. The number of methoxy groups -OCH3 is 1. The van der Waals surface area contributed by atoms with Crippen molar-refractivity contribution in [3.63, 3.8) is 0 Å². The van der Waals surface area contributed by atoms with Gasteiger partial charge in [-0.2, -0.15) is 0 Å². The Hall–Kier alpha value is -3.08. The summed E-state index contributed by atoms with van der Waals surface area (Å²) in [6.07, 6.45) is 0. The zero-order valence-corrected chi connectivity index (χ0v) is 11.9. The molecule has 0 spiro atoms. The summed E-state index contributed by atoms with van der Waals surface area (Å²) in [6.45, 7) is 0. The number of nitrogens with zero attached hydrogens (tertiary/aromatic N) is 2. The highest BCUT2D eigenvalue weighted by Crippen LogP contribution is 2.27. The van der Waals surface area contributed by atoms with Gasteiger partial charge in [0.2, 0.25) is 5.78 Å². The van der Waals surface area contributed by atoms with Crippen LogP contribution in [-0.4, -0.2) is 21.5 Å². The number of aromatic nitrogens is 3. The van der Waals surface area contributed by atoms with Crippen LogP contribution in [-0.2, 0) is 0 Å². The van der Waals surface area contributed by atoms with Crippen molar-refractivity contribution < 1.29 is 4.74 Å². The van der Waals surface area contributed by atoms with E-state index in [1.807, 2.05) is 48.5 Å². The molecule has 0 aliphatic rings. The van der Waals surface area contributed by atoms with Crippen molar-refractivity contribution >= 4 is 16.8 Å². The van der Waals surface area contributed by atoms with Gasteiger partial charge in [0.05, 0.1) is 23.8 Å². The molecule has 0 aliphatic heterocycles. The summed E-state index contributed by atoms with van der Waals surface area (Å²) in [4.78, 5) is 20.2. The lowest BCUT2D eigenvalue weighted by atomic mass is 10.1. The average molecular weight is 291 g/mol. The van der Waals surface area contributed by atoms with Gasteiger partial charge in [0.15, 0.2) is 0 Å². The van der Waals surface area contributed by atoms with E-state index in [2.05, 4.69) is 9.97 Å². The molecule has 0 fully saturated rings. The van der Waals surface area contributed by atoms with E-state index in [0.717, 1.165) is 16.6 Å². The van der Waals surface area contributed by atoms with Crippen molar-refractivity contribution in [1.29, 1.82) is 0 Å². The molecule has 5 heteroatoms. The van der Waals surface area contributed by atoms with Crippen molar-refractivity contribution in [2.24, 2.45) is 0 Å². The van der Waals surface area contributed by atoms with Crippen LogP contribution in [0.15, 0.2) is 59.4 Å². The molecular formula is C17H13N3O2. The summed E-state index contributed by atoms with van der Waals surface area (Å²) >= 11 is 0. The second kappa shape index (κ2) is 4.73. The SMILES string of the molecule is COc1ccccc1-c1cc(=O)n2c(nc3ccccc32)[nH]1. The van der Waals surface area contributed by atoms with E-state index >= 15 is 0 Å². The maximum atomic E-state index is 12.5. The van der Waals surface area contributed by atoms with Crippen LogP contribution in [0.2, 0.25) is 0 Å². The van der Waals surface area contributed by atoms with Gasteiger partial charge in [-0.15, -0.1) is 0 Å². The summed E-state index contributed by atoms with van der Waals surface area (Å²) in [5.74, 6) is 1.23. The van der Waals surface area contributed by atoms with Gasteiger partial charge in [-0.1, -0.05) is 24.3 Å². The Kier molecular flexibility index (Phi) is 2.72. The molecule has 4 rings (SSSR count). The van der Waals surface area contributed by atoms with Crippen LogP contribution >= 0.6 is 0 Å². The lowest BCUT2D eigenvalue weighted by Crippen LogP contribution is -2.13. The normalized spacial score (nSPS) is 11.1. The summed E-state index contributed by atoms with van der Waals surface area (Å²) in [7, 11) is 1.61. The van der Waals surface area contributed by atoms with Gasteiger partial charge in [-0.3, -0.25) is 4.79 Å². The maximum absolute atomic E-state index is 12.5. The minimum atomic E-state index is -0.122. The van der Waals surface area contributed by atoms with Gasteiger partial charge in [0.25, 0.3) is 5.56 Å². The molecule has 22 heavy (non-hydrogen) atoms. The van der Waals surface area contributed by atoms with E-state index in [4.69, 9.17) is 4.74 Å². The molecule has 1 N–H and O–H groups in total. The molecule has 0 saturated carbocycles. The molecule has 108 valence electrons. The Morgan fingerprint density at radius 3 is 2.73 bits per heavy atom. The zero-order valence-electron chi connectivity index (χ0n) is 11.9. The smallest absolute Gasteiger partial charge is 0.260 e. The van der Waals surface area contributed by atoms with Crippen molar-refractivity contribution in [2.45, 2.75) is 0 Å². The van der Waals surface area contributed by atoms with E-state index in [0.29, 0.717) is 17.2 Å². The van der Waals surface area contributed by atoms with Crippen LogP contribution in [0.3, 0.4) is 0 Å². The molecule has 0 saturated heterocycles. The van der Waals surface area contributed by atoms with E-state index in [1.54, 1.807) is 17.6 Å². The summed E-state index contributed by atoms with van der Waals surface area (Å²) < 4.78 is 6.94. The van der Waals surface area contributed by atoms with Gasteiger partial charge in [-0.25, -0.2) is 9.38 Å². The molecule has 2 aromatic heterocycles. The first-order chi connectivity index (χ1) is 10.8. The van der Waals surface area contributed by atoms with Gasteiger partial charge in [0.1, 0.15) is 5.75 Å². The van der Waals surface area contributed by atoms with E-state index in [-0.39, 0.29) is 5.56 Å². The summed E-state index contributed by atoms with van der Waals surface area (Å²) in [5, 5.41) is 0. The number of imidazole rings is 1. The Bertz CT molecular complexity index is 1050. The Balaban J connectivity index is 2.05. The van der Waals surface area contributed by atoms with Crippen molar-refractivity contribution in [2.75, 3.05) is 7.11 Å². The predicted octanol–water partition coefficient (Wildman–Crippen LogP) is 2.85. The number of hydrogen-bond acceptors (Lipinski definition) is 3. The van der Waals surface area contributed by atoms with Crippen LogP contribution in [0.1, 0.15) is 0 Å². The van der Waals surface area contributed by atoms with Gasteiger partial charge in [0, 0.05) is 11.6 Å². The highest BCUT2D eigenvalue weighted by atomic mass is 16.5. The van der Waals surface area contributed by atoms with Crippen molar-refractivity contribution in [3.8, 4) is 17.0 Å². The number of aromatic amines is 1. The first-order valence-corrected chi connectivity index (χ1v) is 6.92. The van der Waals surface area contributed by atoms with Crippen LogP contribution in [0, 0.1) is 0 Å². The lowest BCUT2D eigenvalue weighted by Gasteiger charge is -2.08. The third-order valence-corrected chi connectivity index (χ3v) is 3.69. The molecule has 0 unspecified atom stereocenters. The molecule has 0 bridgehead atoms. The second-order valence-corrected chi connectivity index (χ2v) is 4.98. The molecule has 0 aliphatic carbocycles. The van der Waals surface area contributed by atoms with Crippen LogP contribution in [0.4, 0.5) is 0 Å². The van der Waals surface area contributed by atoms with Crippen LogP contribution in [0.5, 0.6) is 5.75 Å². The summed E-state index contributed by atoms with van der Waals surface area (Å²) in [5.41, 5.74) is 2.98. The Morgan fingerprint density at radius 2 is 1.86 bits per heavy atom. The molecule has 4 aromatic rings. The van der Waals surface area contributed by atoms with Gasteiger partial charge >= 0.3 is 0 Å². The van der Waals surface area contributed by atoms with Crippen molar-refractivity contribution in [3.05, 3.63) is 65.0 Å². The number of para-hydroxylation sites is 3. The molecule has 2 heterocycles. The molecule has 5 nitrogen and oxygen atoms in total. The predicted molar refractivity (Wildman–Crippen MR) is 85.3 cm³/mol. The number of nitrogens with one attached hydrogen (secondary N) is 1. The molecule has 0 radical (unpaired) electrons. The van der Waals surface area contributed by atoms with E-state index < -0.39 is 0 Å². The number of rotatable bonds is 2. The fourth-order valence-electron chi connectivity index (χ4n) is 2.69. The first-order valence-electron chi connectivity index (χ1n) is 6.92. The highest BCUT2D eigenvalue weighted by Gasteiger charge is 2.11. The third kappa shape index (κ3) is 1.79. The monoisotopic (exact) mass is 291 g/mol. The Morgan fingerprint density at radius 1 is 1.09 bits per heavy atom. The fourth-order valence-corrected chi connectivity index (χ4v) is 2.69. The number of fused-ring (bicyclic) bond motifs is 3. The number of hydrogen-bond donors (Lipinski definition) is 1. The topological polar surface area (TPSA) is 59.4 Å². The third-order valence-electron chi connectivity index (χ3n) is 3.69. The van der Waals surface area contributed by atoms with Crippen molar-refractivity contribution in [1.82, 2.24) is 14.4 Å². The molecule has 2 aromatic carbocycles. The molecular weight excluding hydrogens is 278 g/mol. The second-order valence-electron chi connectivity index (χ2n) is 4.98. The first kappa shape index (κ1) is 12.6.